The number of carboxylic acid groups (broad SMARTS) is 1. The number of pyridine rings is 1. The Kier molecular flexibility index (Phi) is 4.60. The zero-order valence-electron chi connectivity index (χ0n) is 8.77. The molecule has 4 heteroatoms. The number of ether oxygens (including phenoxy) is 1. The Bertz CT molecular complexity index is 325. The summed E-state index contributed by atoms with van der Waals surface area (Å²) in [6.07, 6.45) is 4.58. The van der Waals surface area contributed by atoms with Gasteiger partial charge in [0.05, 0.1) is 6.61 Å². The van der Waals surface area contributed by atoms with Crippen molar-refractivity contribution in [2.45, 2.75) is 26.2 Å². The van der Waals surface area contributed by atoms with E-state index in [0.29, 0.717) is 12.4 Å². The quantitative estimate of drug-likeness (QED) is 0.730. The molecular weight excluding hydrogens is 194 g/mol. The first-order valence-corrected chi connectivity index (χ1v) is 5.06. The van der Waals surface area contributed by atoms with E-state index in [1.807, 2.05) is 0 Å². The summed E-state index contributed by atoms with van der Waals surface area (Å²) in [6, 6.07) is 3.30. The Morgan fingerprint density at radius 1 is 1.53 bits per heavy atom. The first-order chi connectivity index (χ1) is 7.25. The molecule has 4 nitrogen and oxygen atoms in total. The van der Waals surface area contributed by atoms with Crippen LogP contribution in [0.15, 0.2) is 18.3 Å². The molecule has 0 fully saturated rings. The Labute approximate surface area is 88.9 Å². The number of rotatable bonds is 6. The summed E-state index contributed by atoms with van der Waals surface area (Å²) in [6.45, 7) is 2.65. The van der Waals surface area contributed by atoms with Crippen molar-refractivity contribution >= 4 is 5.97 Å². The standard InChI is InChI=1S/C11H15NO3/c1-2-3-4-8-15-9-6-5-7-12-10(9)11(13)14/h5-7H,2-4,8H2,1H3,(H,13,14). The monoisotopic (exact) mass is 209 g/mol. The van der Waals surface area contributed by atoms with Crippen LogP contribution in [-0.2, 0) is 0 Å². The molecule has 1 N–H and O–H groups in total. The zero-order chi connectivity index (χ0) is 11.1. The van der Waals surface area contributed by atoms with Gasteiger partial charge >= 0.3 is 5.97 Å². The summed E-state index contributed by atoms with van der Waals surface area (Å²) in [5, 5.41) is 8.83. The fourth-order valence-electron chi connectivity index (χ4n) is 1.20. The summed E-state index contributed by atoms with van der Waals surface area (Å²) >= 11 is 0. The highest BCUT2D eigenvalue weighted by atomic mass is 16.5. The van der Waals surface area contributed by atoms with Crippen LogP contribution in [-0.4, -0.2) is 22.7 Å². The largest absolute Gasteiger partial charge is 0.491 e. The highest BCUT2D eigenvalue weighted by Crippen LogP contribution is 2.15. The molecule has 0 unspecified atom stereocenters. The Morgan fingerprint density at radius 3 is 3.00 bits per heavy atom. The number of nitrogens with zero attached hydrogens (tertiary/aromatic N) is 1. The van der Waals surface area contributed by atoms with Crippen molar-refractivity contribution in [1.82, 2.24) is 4.98 Å². The van der Waals surface area contributed by atoms with Crippen LogP contribution in [0.5, 0.6) is 5.75 Å². The highest BCUT2D eigenvalue weighted by molar-refractivity contribution is 5.88. The van der Waals surface area contributed by atoms with Crippen molar-refractivity contribution in [3.8, 4) is 5.75 Å². The van der Waals surface area contributed by atoms with E-state index in [9.17, 15) is 4.79 Å². The lowest BCUT2D eigenvalue weighted by Gasteiger charge is -2.07. The van der Waals surface area contributed by atoms with Gasteiger partial charge in [0.1, 0.15) is 0 Å². The lowest BCUT2D eigenvalue weighted by atomic mass is 10.2. The average molecular weight is 209 g/mol. The summed E-state index contributed by atoms with van der Waals surface area (Å²) < 4.78 is 5.36. The molecule has 0 saturated heterocycles. The molecule has 0 bridgehead atoms. The van der Waals surface area contributed by atoms with Gasteiger partial charge in [0.25, 0.3) is 0 Å². The van der Waals surface area contributed by atoms with Crippen molar-refractivity contribution in [3.63, 3.8) is 0 Å². The van der Waals surface area contributed by atoms with Crippen LogP contribution in [0.3, 0.4) is 0 Å². The van der Waals surface area contributed by atoms with Crippen LogP contribution in [0.4, 0.5) is 0 Å². The topological polar surface area (TPSA) is 59.4 Å². The van der Waals surface area contributed by atoms with Gasteiger partial charge in [-0.1, -0.05) is 19.8 Å². The highest BCUT2D eigenvalue weighted by Gasteiger charge is 2.11. The predicted octanol–water partition coefficient (Wildman–Crippen LogP) is 2.35. The Hall–Kier alpha value is -1.58. The van der Waals surface area contributed by atoms with E-state index >= 15 is 0 Å². The van der Waals surface area contributed by atoms with Gasteiger partial charge in [0, 0.05) is 6.20 Å². The van der Waals surface area contributed by atoms with E-state index < -0.39 is 5.97 Å². The van der Waals surface area contributed by atoms with Crippen LogP contribution in [0.1, 0.15) is 36.7 Å². The number of aromatic nitrogens is 1. The van der Waals surface area contributed by atoms with E-state index in [1.54, 1.807) is 12.1 Å². The van der Waals surface area contributed by atoms with Gasteiger partial charge in [-0.25, -0.2) is 9.78 Å². The number of unbranched alkanes of at least 4 members (excludes halogenated alkanes) is 2. The molecule has 1 heterocycles. The molecule has 0 saturated carbocycles. The van der Waals surface area contributed by atoms with Crippen LogP contribution in [0.25, 0.3) is 0 Å². The van der Waals surface area contributed by atoms with Gasteiger partial charge in [-0.15, -0.1) is 0 Å². The van der Waals surface area contributed by atoms with Gasteiger partial charge in [-0.2, -0.15) is 0 Å². The van der Waals surface area contributed by atoms with E-state index in [4.69, 9.17) is 9.84 Å². The third kappa shape index (κ3) is 3.58. The van der Waals surface area contributed by atoms with Crippen LogP contribution >= 0.6 is 0 Å². The molecule has 0 aliphatic rings. The third-order valence-corrected chi connectivity index (χ3v) is 1.98. The van der Waals surface area contributed by atoms with Gasteiger partial charge in [0.15, 0.2) is 11.4 Å². The molecule has 0 amide bonds. The Balaban J connectivity index is 2.56. The average Bonchev–Trinajstić information content (AvgIpc) is 2.25. The fraction of sp³-hybridized carbons (Fsp3) is 0.455. The number of hydrogen-bond acceptors (Lipinski definition) is 3. The fourth-order valence-corrected chi connectivity index (χ4v) is 1.20. The molecular formula is C11H15NO3. The molecule has 1 rings (SSSR count). The van der Waals surface area contributed by atoms with Crippen LogP contribution < -0.4 is 4.74 Å². The van der Waals surface area contributed by atoms with Gasteiger partial charge in [-0.3, -0.25) is 0 Å². The van der Waals surface area contributed by atoms with Crippen molar-refractivity contribution in [3.05, 3.63) is 24.0 Å². The molecule has 0 aliphatic heterocycles. The molecule has 15 heavy (non-hydrogen) atoms. The van der Waals surface area contributed by atoms with E-state index in [0.717, 1.165) is 19.3 Å². The van der Waals surface area contributed by atoms with Gasteiger partial charge in [-0.05, 0) is 18.6 Å². The second-order valence-corrected chi connectivity index (χ2v) is 3.21. The number of carboxylic acids is 1. The van der Waals surface area contributed by atoms with Crippen molar-refractivity contribution in [2.24, 2.45) is 0 Å². The second kappa shape index (κ2) is 6.01. The smallest absolute Gasteiger partial charge is 0.358 e. The second-order valence-electron chi connectivity index (χ2n) is 3.21. The zero-order valence-corrected chi connectivity index (χ0v) is 8.77. The maximum Gasteiger partial charge on any atom is 0.358 e. The molecule has 0 radical (unpaired) electrons. The van der Waals surface area contributed by atoms with Gasteiger partial charge in [0.2, 0.25) is 0 Å². The lowest BCUT2D eigenvalue weighted by Crippen LogP contribution is -2.06. The summed E-state index contributed by atoms with van der Waals surface area (Å²) in [5.41, 5.74) is -0.0194. The van der Waals surface area contributed by atoms with E-state index in [-0.39, 0.29) is 5.69 Å². The maximum absolute atomic E-state index is 10.8. The molecule has 0 atom stereocenters. The molecule has 0 spiro atoms. The number of aromatic carboxylic acids is 1. The minimum Gasteiger partial charge on any atom is -0.491 e. The first-order valence-electron chi connectivity index (χ1n) is 5.06. The number of carbonyl (C=O) groups is 1. The minimum atomic E-state index is -1.05. The summed E-state index contributed by atoms with van der Waals surface area (Å²) in [4.78, 5) is 14.5. The minimum absolute atomic E-state index is 0.0194. The van der Waals surface area contributed by atoms with Crippen LogP contribution in [0, 0.1) is 0 Å². The summed E-state index contributed by atoms with van der Waals surface area (Å²) in [5.74, 6) is -0.706. The molecule has 1 aromatic rings. The number of hydrogen-bond donors (Lipinski definition) is 1. The van der Waals surface area contributed by atoms with E-state index in [2.05, 4.69) is 11.9 Å². The van der Waals surface area contributed by atoms with Gasteiger partial charge < -0.3 is 9.84 Å². The molecule has 0 aromatic carbocycles. The predicted molar refractivity (Wildman–Crippen MR) is 56.2 cm³/mol. The SMILES string of the molecule is CCCCCOc1cccnc1C(=O)O. The summed E-state index contributed by atoms with van der Waals surface area (Å²) in [7, 11) is 0. The van der Waals surface area contributed by atoms with E-state index in [1.165, 1.54) is 6.20 Å². The van der Waals surface area contributed by atoms with Crippen LogP contribution in [0.2, 0.25) is 0 Å². The first kappa shape index (κ1) is 11.5. The maximum atomic E-state index is 10.8. The van der Waals surface area contributed by atoms with Crippen molar-refractivity contribution in [1.29, 1.82) is 0 Å². The molecule has 82 valence electrons. The van der Waals surface area contributed by atoms with Crippen molar-refractivity contribution in [2.75, 3.05) is 6.61 Å². The van der Waals surface area contributed by atoms with Crippen molar-refractivity contribution < 1.29 is 14.6 Å². The lowest BCUT2D eigenvalue weighted by molar-refractivity contribution is 0.0685. The molecule has 1 aromatic heterocycles. The molecule has 0 aliphatic carbocycles. The third-order valence-electron chi connectivity index (χ3n) is 1.98. The Morgan fingerprint density at radius 2 is 2.33 bits per heavy atom. The normalized spacial score (nSPS) is 9.93.